The molecule has 2 heterocycles. The monoisotopic (exact) mass is 663 g/mol. The van der Waals surface area contributed by atoms with Crippen molar-refractivity contribution in [2.24, 2.45) is 0 Å². The molecule has 0 radical (unpaired) electrons. The minimum absolute atomic E-state index is 0.194. The maximum Gasteiger partial charge on any atom is 0.210 e. The van der Waals surface area contributed by atoms with Crippen LogP contribution in [-0.4, -0.2) is 24.4 Å². The van der Waals surface area contributed by atoms with Gasteiger partial charge in [-0.15, -0.1) is 0 Å². The third kappa shape index (κ3) is 5.36. The van der Waals surface area contributed by atoms with Gasteiger partial charge in [0.05, 0.1) is 5.41 Å². The van der Waals surface area contributed by atoms with Gasteiger partial charge in [0.2, 0.25) is 5.69 Å². The second-order valence-electron chi connectivity index (χ2n) is 15.0. The Hall–Kier alpha value is -5.47. The van der Waals surface area contributed by atoms with Gasteiger partial charge in [-0.05, 0) is 108 Å². The van der Waals surface area contributed by atoms with Crippen LogP contribution in [0.5, 0.6) is 0 Å². The van der Waals surface area contributed by atoms with Crippen molar-refractivity contribution in [3.05, 3.63) is 191 Å². The molecule has 2 aliphatic heterocycles. The molecule has 0 saturated carbocycles. The molecular formula is C49H47N2+. The first-order valence-corrected chi connectivity index (χ1v) is 18.2. The predicted octanol–water partition coefficient (Wildman–Crippen LogP) is 11.5. The first-order valence-electron chi connectivity index (χ1n) is 18.2. The van der Waals surface area contributed by atoms with Gasteiger partial charge in [0, 0.05) is 41.6 Å². The second kappa shape index (κ2) is 12.7. The lowest BCUT2D eigenvalue weighted by molar-refractivity contribution is -0.401. The molecule has 6 aromatic carbocycles. The van der Waals surface area contributed by atoms with Crippen molar-refractivity contribution in [2.75, 3.05) is 19.0 Å². The Bertz CT molecular complexity index is 2460. The van der Waals surface area contributed by atoms with E-state index in [1.54, 1.807) is 0 Å². The molecule has 0 aliphatic carbocycles. The molecule has 0 bridgehead atoms. The number of aryl methyl sites for hydroxylation is 2. The van der Waals surface area contributed by atoms with Gasteiger partial charge in [0.1, 0.15) is 7.05 Å². The van der Waals surface area contributed by atoms with E-state index in [9.17, 15) is 0 Å². The molecule has 8 rings (SSSR count). The summed E-state index contributed by atoms with van der Waals surface area (Å²) in [6.45, 7) is 9.35. The first-order chi connectivity index (χ1) is 24.7. The van der Waals surface area contributed by atoms with Gasteiger partial charge in [-0.2, -0.15) is 4.58 Å². The minimum Gasteiger partial charge on any atom is -0.347 e. The van der Waals surface area contributed by atoms with Gasteiger partial charge in [-0.25, -0.2) is 0 Å². The Morgan fingerprint density at radius 2 is 1.14 bits per heavy atom. The zero-order valence-electron chi connectivity index (χ0n) is 30.7. The average molecular weight is 664 g/mol. The van der Waals surface area contributed by atoms with Crippen molar-refractivity contribution in [1.29, 1.82) is 0 Å². The van der Waals surface area contributed by atoms with Gasteiger partial charge in [-0.1, -0.05) is 121 Å². The van der Waals surface area contributed by atoms with E-state index in [1.165, 1.54) is 77.7 Å². The van der Waals surface area contributed by atoms with Gasteiger partial charge in [0.15, 0.2) is 5.71 Å². The lowest BCUT2D eigenvalue weighted by atomic mass is 9.72. The van der Waals surface area contributed by atoms with E-state index < -0.39 is 0 Å². The highest BCUT2D eigenvalue weighted by Crippen LogP contribution is 2.52. The van der Waals surface area contributed by atoms with Crippen molar-refractivity contribution >= 4 is 38.6 Å². The van der Waals surface area contributed by atoms with E-state index in [4.69, 9.17) is 0 Å². The summed E-state index contributed by atoms with van der Waals surface area (Å²) in [5.41, 5.74) is 13.1. The summed E-state index contributed by atoms with van der Waals surface area (Å²) in [7, 11) is 4.46. The summed E-state index contributed by atoms with van der Waals surface area (Å²) in [6.07, 6.45) is 13.3. The number of rotatable bonds is 7. The number of allylic oxidation sites excluding steroid dienone is 6. The third-order valence-electron chi connectivity index (χ3n) is 11.8. The van der Waals surface area contributed by atoms with Crippen molar-refractivity contribution < 1.29 is 4.58 Å². The van der Waals surface area contributed by atoms with Crippen LogP contribution in [0.25, 0.3) is 21.5 Å². The molecule has 2 aliphatic rings. The van der Waals surface area contributed by atoms with E-state index in [1.807, 2.05) is 0 Å². The van der Waals surface area contributed by atoms with Crippen LogP contribution in [0.2, 0.25) is 0 Å². The first kappa shape index (κ1) is 32.7. The van der Waals surface area contributed by atoms with E-state index in [-0.39, 0.29) is 10.8 Å². The zero-order chi connectivity index (χ0) is 35.3. The number of benzene rings is 6. The van der Waals surface area contributed by atoms with E-state index in [0.717, 1.165) is 12.8 Å². The predicted molar refractivity (Wildman–Crippen MR) is 218 cm³/mol. The second-order valence-corrected chi connectivity index (χ2v) is 15.0. The van der Waals surface area contributed by atoms with Gasteiger partial charge >= 0.3 is 0 Å². The maximum atomic E-state index is 2.44. The molecule has 0 spiro atoms. The van der Waals surface area contributed by atoms with Crippen LogP contribution in [0.4, 0.5) is 11.4 Å². The van der Waals surface area contributed by atoms with Crippen LogP contribution in [-0.2, 0) is 23.7 Å². The van der Waals surface area contributed by atoms with Crippen molar-refractivity contribution in [1.82, 2.24) is 0 Å². The standard InChI is InChI=1S/C49H47N2/c1-34-18-10-12-22-38(34)32-48(3)44(50(5)42-30-28-36-20-14-16-24-40(36)46(42)48)26-8-7-9-27-45-49(4,33-39-23-13-11-19-35(39)2)47-41-25-17-15-21-37(41)29-31-43(47)51(45)6/h7-31H,32-33H2,1-6H3/q+1. The zero-order valence-corrected chi connectivity index (χ0v) is 30.7. The fraction of sp³-hybridized carbons (Fsp3) is 0.204. The SMILES string of the molecule is Cc1ccccc1CC1(C)C(/C=C/C=C/C=C2/N(C)c3ccc4ccccc4c3C2(C)Cc2ccccc2C)=[N+](C)c2ccc3ccccc3c21. The Morgan fingerprint density at radius 1 is 0.588 bits per heavy atom. The molecule has 2 nitrogen and oxygen atoms in total. The minimum atomic E-state index is -0.194. The van der Waals surface area contributed by atoms with E-state index in [2.05, 4.69) is 203 Å². The van der Waals surface area contributed by atoms with Crippen LogP contribution >= 0.6 is 0 Å². The Labute approximate surface area is 303 Å². The Kier molecular flexibility index (Phi) is 8.14. The quantitative estimate of drug-likeness (QED) is 0.122. The number of fused-ring (bicyclic) bond motifs is 6. The molecule has 2 heteroatoms. The van der Waals surface area contributed by atoms with Crippen LogP contribution in [0.1, 0.15) is 47.2 Å². The summed E-state index contributed by atoms with van der Waals surface area (Å²) in [6, 6.07) is 44.6. The lowest BCUT2D eigenvalue weighted by Gasteiger charge is -2.30. The molecule has 0 aromatic heterocycles. The summed E-state index contributed by atoms with van der Waals surface area (Å²) < 4.78 is 2.41. The average Bonchev–Trinajstić information content (AvgIpc) is 3.49. The summed E-state index contributed by atoms with van der Waals surface area (Å²) in [5, 5.41) is 5.26. The summed E-state index contributed by atoms with van der Waals surface area (Å²) >= 11 is 0. The molecule has 0 N–H and O–H groups in total. The topological polar surface area (TPSA) is 6.25 Å². The molecule has 2 unspecified atom stereocenters. The number of likely N-dealkylation sites (N-methyl/N-ethyl adjacent to an activating group) is 1. The molecule has 51 heavy (non-hydrogen) atoms. The highest BCUT2D eigenvalue weighted by Gasteiger charge is 2.48. The van der Waals surface area contributed by atoms with Gasteiger partial charge in [0.25, 0.3) is 0 Å². The van der Waals surface area contributed by atoms with Crippen LogP contribution in [0.15, 0.2) is 157 Å². The molecule has 0 amide bonds. The van der Waals surface area contributed by atoms with Crippen molar-refractivity contribution in [3.8, 4) is 0 Å². The van der Waals surface area contributed by atoms with E-state index >= 15 is 0 Å². The number of anilines is 1. The fourth-order valence-electron chi connectivity index (χ4n) is 9.18. The largest absolute Gasteiger partial charge is 0.347 e. The normalized spacial score (nSPS) is 20.8. The Balaban J connectivity index is 1.18. The van der Waals surface area contributed by atoms with Crippen molar-refractivity contribution in [3.63, 3.8) is 0 Å². The van der Waals surface area contributed by atoms with Crippen LogP contribution in [0.3, 0.4) is 0 Å². The molecular weight excluding hydrogens is 617 g/mol. The molecule has 252 valence electrons. The highest BCUT2D eigenvalue weighted by molar-refractivity contribution is 6.08. The fourth-order valence-corrected chi connectivity index (χ4v) is 9.18. The molecule has 0 fully saturated rings. The van der Waals surface area contributed by atoms with Crippen LogP contribution in [0, 0.1) is 13.8 Å². The summed E-state index contributed by atoms with van der Waals surface area (Å²) in [4.78, 5) is 2.41. The molecule has 0 saturated heterocycles. The number of hydrogen-bond donors (Lipinski definition) is 0. The lowest BCUT2D eigenvalue weighted by Crippen LogP contribution is -2.33. The smallest absolute Gasteiger partial charge is 0.210 e. The van der Waals surface area contributed by atoms with E-state index in [0.29, 0.717) is 0 Å². The Morgan fingerprint density at radius 3 is 1.78 bits per heavy atom. The number of hydrogen-bond acceptors (Lipinski definition) is 1. The molecule has 2 atom stereocenters. The van der Waals surface area contributed by atoms with Gasteiger partial charge in [-0.3, -0.25) is 0 Å². The van der Waals surface area contributed by atoms with Crippen LogP contribution < -0.4 is 4.90 Å². The number of nitrogens with zero attached hydrogens (tertiary/aromatic N) is 2. The highest BCUT2D eigenvalue weighted by atomic mass is 15.2. The third-order valence-corrected chi connectivity index (χ3v) is 11.8. The maximum absolute atomic E-state index is 2.44. The summed E-state index contributed by atoms with van der Waals surface area (Å²) in [5.74, 6) is 0. The molecule has 6 aromatic rings. The van der Waals surface area contributed by atoms with Crippen molar-refractivity contribution in [2.45, 2.75) is 51.4 Å². The van der Waals surface area contributed by atoms with Gasteiger partial charge < -0.3 is 4.90 Å².